The number of anilines is 1. The second-order valence-corrected chi connectivity index (χ2v) is 5.75. The smallest absolute Gasteiger partial charge is 0.0861 e. The van der Waals surface area contributed by atoms with Gasteiger partial charge >= 0.3 is 0 Å². The van der Waals surface area contributed by atoms with Gasteiger partial charge in [-0.05, 0) is 28.8 Å². The third-order valence-electron chi connectivity index (χ3n) is 4.29. The van der Waals surface area contributed by atoms with Crippen molar-refractivity contribution in [1.82, 2.24) is 0 Å². The van der Waals surface area contributed by atoms with E-state index in [-0.39, 0.29) is 0 Å². The molecule has 0 saturated heterocycles. The maximum atomic E-state index is 6.90. The van der Waals surface area contributed by atoms with Crippen LogP contribution in [0.3, 0.4) is 0 Å². The zero-order chi connectivity index (χ0) is 16.3. The van der Waals surface area contributed by atoms with Crippen molar-refractivity contribution >= 4 is 5.69 Å². The molecule has 0 saturated carbocycles. The topological polar surface area (TPSA) is 78.1 Å². The van der Waals surface area contributed by atoms with Gasteiger partial charge in [0.1, 0.15) is 0 Å². The first-order valence-electron chi connectivity index (χ1n) is 7.63. The van der Waals surface area contributed by atoms with E-state index >= 15 is 0 Å². The number of hydrogen-bond acceptors (Lipinski definition) is 3. The monoisotopic (exact) mass is 303 g/mol. The van der Waals surface area contributed by atoms with Crippen LogP contribution in [0.4, 0.5) is 5.69 Å². The number of nitrogen functional groups attached to an aromatic ring is 1. The van der Waals surface area contributed by atoms with Crippen molar-refractivity contribution in [2.75, 3.05) is 5.73 Å². The third kappa shape index (κ3) is 2.84. The summed E-state index contributed by atoms with van der Waals surface area (Å²) in [7, 11) is 0. The molecule has 0 aliphatic carbocycles. The van der Waals surface area contributed by atoms with Crippen LogP contribution in [0.15, 0.2) is 84.9 Å². The Balaban J connectivity index is 2.14. The van der Waals surface area contributed by atoms with E-state index in [2.05, 4.69) is 0 Å². The van der Waals surface area contributed by atoms with Crippen LogP contribution in [0.1, 0.15) is 22.7 Å². The highest BCUT2D eigenvalue weighted by Crippen LogP contribution is 2.37. The van der Waals surface area contributed by atoms with E-state index in [1.807, 2.05) is 84.9 Å². The molecule has 3 aromatic carbocycles. The largest absolute Gasteiger partial charge is 0.399 e. The highest BCUT2D eigenvalue weighted by molar-refractivity contribution is 5.46. The Morgan fingerprint density at radius 1 is 0.652 bits per heavy atom. The van der Waals surface area contributed by atoms with Gasteiger partial charge in [-0.25, -0.2) is 0 Å². The van der Waals surface area contributed by atoms with Crippen molar-refractivity contribution < 1.29 is 0 Å². The fraction of sp³-hybridized carbons (Fsp3) is 0.100. The van der Waals surface area contributed by atoms with Crippen molar-refractivity contribution in [3.8, 4) is 0 Å². The minimum absolute atomic E-state index is 0.395. The maximum Gasteiger partial charge on any atom is 0.0861 e. The van der Waals surface area contributed by atoms with Gasteiger partial charge in [-0.15, -0.1) is 0 Å². The Morgan fingerprint density at radius 2 is 1.09 bits per heavy atom. The van der Waals surface area contributed by atoms with Gasteiger partial charge < -0.3 is 17.2 Å². The predicted molar refractivity (Wildman–Crippen MR) is 95.6 cm³/mol. The normalized spacial score (nSPS) is 12.8. The molecule has 3 rings (SSSR count). The van der Waals surface area contributed by atoms with E-state index in [0.717, 1.165) is 16.7 Å². The summed E-state index contributed by atoms with van der Waals surface area (Å²) in [6.45, 7) is 0. The first-order valence-corrected chi connectivity index (χ1v) is 7.63. The fourth-order valence-electron chi connectivity index (χ4n) is 2.92. The fourth-order valence-corrected chi connectivity index (χ4v) is 2.92. The van der Waals surface area contributed by atoms with Crippen molar-refractivity contribution in [2.45, 2.75) is 11.6 Å². The van der Waals surface area contributed by atoms with E-state index in [4.69, 9.17) is 17.2 Å². The lowest BCUT2D eigenvalue weighted by Gasteiger charge is -2.37. The van der Waals surface area contributed by atoms with Crippen molar-refractivity contribution in [2.24, 2.45) is 11.5 Å². The summed E-state index contributed by atoms with van der Waals surface area (Å²) < 4.78 is 0. The number of rotatable bonds is 4. The molecule has 0 heterocycles. The molecule has 3 heteroatoms. The summed E-state index contributed by atoms with van der Waals surface area (Å²) in [4.78, 5) is 0. The minimum Gasteiger partial charge on any atom is -0.399 e. The van der Waals surface area contributed by atoms with Gasteiger partial charge in [-0.2, -0.15) is 0 Å². The standard InChI is InChI=1S/C20H21N3/c21-18-13-11-15(12-14-18)19(22)20(23,16-7-3-1-4-8-16)17-9-5-2-6-10-17/h1-14,19H,21-23H2. The summed E-state index contributed by atoms with van der Waals surface area (Å²) in [5, 5.41) is 0. The van der Waals surface area contributed by atoms with E-state index in [9.17, 15) is 0 Å². The molecule has 1 unspecified atom stereocenters. The van der Waals surface area contributed by atoms with Crippen molar-refractivity contribution in [3.63, 3.8) is 0 Å². The zero-order valence-corrected chi connectivity index (χ0v) is 12.9. The van der Waals surface area contributed by atoms with Crippen LogP contribution in [0.2, 0.25) is 0 Å². The van der Waals surface area contributed by atoms with Gasteiger partial charge in [0.25, 0.3) is 0 Å². The Labute approximate surface area is 136 Å². The molecule has 0 aliphatic rings. The van der Waals surface area contributed by atoms with Crippen LogP contribution in [-0.4, -0.2) is 0 Å². The van der Waals surface area contributed by atoms with Crippen molar-refractivity contribution in [1.29, 1.82) is 0 Å². The number of nitrogens with two attached hydrogens (primary N) is 3. The van der Waals surface area contributed by atoms with Gasteiger partial charge in [0, 0.05) is 5.69 Å². The highest BCUT2D eigenvalue weighted by Gasteiger charge is 2.37. The second-order valence-electron chi connectivity index (χ2n) is 5.75. The lowest BCUT2D eigenvalue weighted by Crippen LogP contribution is -2.47. The van der Waals surface area contributed by atoms with E-state index < -0.39 is 11.6 Å². The van der Waals surface area contributed by atoms with Crippen LogP contribution < -0.4 is 17.2 Å². The summed E-state index contributed by atoms with van der Waals surface area (Å²) in [5.74, 6) is 0. The number of benzene rings is 3. The average molecular weight is 303 g/mol. The lowest BCUT2D eigenvalue weighted by molar-refractivity contribution is 0.432. The van der Waals surface area contributed by atoms with Crippen LogP contribution in [0.5, 0.6) is 0 Å². The molecule has 3 nitrogen and oxygen atoms in total. The summed E-state index contributed by atoms with van der Waals surface area (Å²) in [6, 6.07) is 27.1. The Kier molecular flexibility index (Phi) is 4.15. The van der Waals surface area contributed by atoms with Crippen molar-refractivity contribution in [3.05, 3.63) is 102 Å². The molecular formula is C20H21N3. The third-order valence-corrected chi connectivity index (χ3v) is 4.29. The molecular weight excluding hydrogens is 282 g/mol. The van der Waals surface area contributed by atoms with Crippen LogP contribution in [0.25, 0.3) is 0 Å². The first kappa shape index (κ1) is 15.3. The molecule has 23 heavy (non-hydrogen) atoms. The van der Waals surface area contributed by atoms with Gasteiger partial charge in [0.15, 0.2) is 0 Å². The van der Waals surface area contributed by atoms with E-state index in [1.54, 1.807) is 0 Å². The molecule has 0 spiro atoms. The number of hydrogen-bond donors (Lipinski definition) is 3. The molecule has 116 valence electrons. The molecule has 0 aromatic heterocycles. The van der Waals surface area contributed by atoms with Gasteiger partial charge in [-0.1, -0.05) is 72.8 Å². The summed E-state index contributed by atoms with van der Waals surface area (Å²) in [5.41, 5.74) is 22.1. The average Bonchev–Trinajstić information content (AvgIpc) is 2.62. The van der Waals surface area contributed by atoms with E-state index in [0.29, 0.717) is 5.69 Å². The second kappa shape index (κ2) is 6.24. The predicted octanol–water partition coefficient (Wildman–Crippen LogP) is 3.17. The quantitative estimate of drug-likeness (QED) is 0.648. The van der Waals surface area contributed by atoms with E-state index in [1.165, 1.54) is 0 Å². The molecule has 0 fully saturated rings. The molecule has 6 N–H and O–H groups in total. The Hall–Kier alpha value is -2.62. The summed E-state index contributed by atoms with van der Waals surface area (Å²) >= 11 is 0. The zero-order valence-electron chi connectivity index (χ0n) is 12.9. The van der Waals surface area contributed by atoms with Crippen LogP contribution in [-0.2, 0) is 5.54 Å². The molecule has 0 bridgehead atoms. The van der Waals surface area contributed by atoms with Gasteiger partial charge in [0.2, 0.25) is 0 Å². The van der Waals surface area contributed by atoms with Gasteiger partial charge in [-0.3, -0.25) is 0 Å². The Bertz CT molecular complexity index is 712. The summed E-state index contributed by atoms with van der Waals surface area (Å²) in [6.07, 6.45) is 0. The Morgan fingerprint density at radius 3 is 1.52 bits per heavy atom. The van der Waals surface area contributed by atoms with Crippen LogP contribution >= 0.6 is 0 Å². The molecule has 0 amide bonds. The molecule has 0 radical (unpaired) electrons. The molecule has 3 aromatic rings. The minimum atomic E-state index is -0.821. The lowest BCUT2D eigenvalue weighted by atomic mass is 9.75. The molecule has 1 atom stereocenters. The molecule has 0 aliphatic heterocycles. The first-order chi connectivity index (χ1) is 11.1. The SMILES string of the molecule is Nc1ccc(C(N)C(N)(c2ccccc2)c2ccccc2)cc1. The maximum absolute atomic E-state index is 6.90. The highest BCUT2D eigenvalue weighted by atomic mass is 14.9. The van der Waals surface area contributed by atoms with Gasteiger partial charge in [0.05, 0.1) is 11.6 Å². The van der Waals surface area contributed by atoms with Crippen LogP contribution in [0, 0.1) is 0 Å².